The van der Waals surface area contributed by atoms with Gasteiger partial charge in [-0.2, -0.15) is 0 Å². The van der Waals surface area contributed by atoms with Crippen LogP contribution in [0.4, 0.5) is 0 Å². The summed E-state index contributed by atoms with van der Waals surface area (Å²) in [5.74, 6) is -0.864. The highest BCUT2D eigenvalue weighted by Gasteiger charge is 2.11. The number of rotatable bonds is 6. The monoisotopic (exact) mass is 249 g/mol. The second-order valence-corrected chi connectivity index (χ2v) is 5.00. The van der Waals surface area contributed by atoms with Crippen molar-refractivity contribution in [2.24, 2.45) is 0 Å². The maximum Gasteiger partial charge on any atom is 0.335 e. The Kier molecular flexibility index (Phi) is 5.35. The highest BCUT2D eigenvalue weighted by atomic mass is 16.4. The second kappa shape index (κ2) is 6.55. The molecule has 0 heterocycles. The summed E-state index contributed by atoms with van der Waals surface area (Å²) >= 11 is 0. The predicted octanol–water partition coefficient (Wildman–Crippen LogP) is 3.31. The zero-order chi connectivity index (χ0) is 13.7. The van der Waals surface area contributed by atoms with E-state index in [4.69, 9.17) is 5.11 Å². The molecular weight excluding hydrogens is 226 g/mol. The number of carboxylic acid groups (broad SMARTS) is 1. The van der Waals surface area contributed by atoms with E-state index in [0.717, 1.165) is 12.1 Å². The molecule has 100 valence electrons. The van der Waals surface area contributed by atoms with E-state index in [1.807, 2.05) is 13.0 Å². The van der Waals surface area contributed by atoms with Crippen LogP contribution in [-0.4, -0.2) is 29.1 Å². The number of carboxylic acids is 1. The van der Waals surface area contributed by atoms with Gasteiger partial charge in [0.15, 0.2) is 0 Å². The molecule has 0 saturated carbocycles. The molecular formula is C15H23NO2. The van der Waals surface area contributed by atoms with Gasteiger partial charge in [-0.1, -0.05) is 19.4 Å². The predicted molar refractivity (Wildman–Crippen MR) is 74.0 cm³/mol. The molecule has 0 aliphatic carbocycles. The third-order valence-electron chi connectivity index (χ3n) is 3.47. The van der Waals surface area contributed by atoms with Crippen molar-refractivity contribution in [2.45, 2.75) is 46.2 Å². The van der Waals surface area contributed by atoms with Crippen LogP contribution in [0.5, 0.6) is 0 Å². The number of hydrogen-bond donors (Lipinski definition) is 1. The molecule has 18 heavy (non-hydrogen) atoms. The molecule has 0 bridgehead atoms. The van der Waals surface area contributed by atoms with Crippen molar-refractivity contribution in [3.8, 4) is 0 Å². The Bertz CT molecular complexity index is 415. The minimum atomic E-state index is -0.864. The van der Waals surface area contributed by atoms with Gasteiger partial charge in [-0.15, -0.1) is 0 Å². The Morgan fingerprint density at radius 2 is 2.11 bits per heavy atom. The number of hydrogen-bond acceptors (Lipinski definition) is 2. The average Bonchev–Trinajstić information content (AvgIpc) is 2.31. The normalized spacial score (nSPS) is 12.7. The van der Waals surface area contributed by atoms with Crippen LogP contribution in [0, 0.1) is 6.92 Å². The molecule has 3 heteroatoms. The summed E-state index contributed by atoms with van der Waals surface area (Å²) in [6, 6.07) is 5.90. The van der Waals surface area contributed by atoms with Crippen LogP contribution < -0.4 is 0 Å². The maximum atomic E-state index is 10.9. The standard InChI is InChI=1S/C15H23NO2/c1-5-6-12(3)16(4)10-14-8-7-13(15(17)18)9-11(14)2/h7-9,12H,5-6,10H2,1-4H3,(H,17,18). The van der Waals surface area contributed by atoms with E-state index in [2.05, 4.69) is 25.8 Å². The van der Waals surface area contributed by atoms with Crippen molar-refractivity contribution < 1.29 is 9.90 Å². The fraction of sp³-hybridized carbons (Fsp3) is 0.533. The van der Waals surface area contributed by atoms with E-state index in [0.29, 0.717) is 11.6 Å². The Hall–Kier alpha value is -1.35. The van der Waals surface area contributed by atoms with E-state index < -0.39 is 5.97 Å². The van der Waals surface area contributed by atoms with Gasteiger partial charge in [-0.25, -0.2) is 4.79 Å². The molecule has 0 fully saturated rings. The average molecular weight is 249 g/mol. The lowest BCUT2D eigenvalue weighted by Crippen LogP contribution is -2.28. The molecule has 3 nitrogen and oxygen atoms in total. The van der Waals surface area contributed by atoms with Gasteiger partial charge in [0.05, 0.1) is 5.56 Å². The molecule has 1 unspecified atom stereocenters. The van der Waals surface area contributed by atoms with Crippen molar-refractivity contribution >= 4 is 5.97 Å². The van der Waals surface area contributed by atoms with E-state index in [9.17, 15) is 4.79 Å². The first-order valence-corrected chi connectivity index (χ1v) is 6.48. The maximum absolute atomic E-state index is 10.9. The van der Waals surface area contributed by atoms with Crippen LogP contribution in [-0.2, 0) is 6.54 Å². The fourth-order valence-corrected chi connectivity index (χ4v) is 2.07. The van der Waals surface area contributed by atoms with E-state index in [1.165, 1.54) is 18.4 Å². The number of aryl methyl sites for hydroxylation is 1. The minimum Gasteiger partial charge on any atom is -0.478 e. The van der Waals surface area contributed by atoms with Crippen LogP contribution in [0.2, 0.25) is 0 Å². The molecule has 0 aromatic heterocycles. The highest BCUT2D eigenvalue weighted by Crippen LogP contribution is 2.15. The zero-order valence-corrected chi connectivity index (χ0v) is 11.7. The summed E-state index contributed by atoms with van der Waals surface area (Å²) in [7, 11) is 2.12. The molecule has 0 amide bonds. The van der Waals surface area contributed by atoms with Crippen LogP contribution in [0.25, 0.3) is 0 Å². The zero-order valence-electron chi connectivity index (χ0n) is 11.7. The quantitative estimate of drug-likeness (QED) is 0.840. The van der Waals surface area contributed by atoms with E-state index >= 15 is 0 Å². The molecule has 1 aromatic carbocycles. The van der Waals surface area contributed by atoms with Crippen molar-refractivity contribution in [1.29, 1.82) is 0 Å². The van der Waals surface area contributed by atoms with Gasteiger partial charge in [0.1, 0.15) is 0 Å². The molecule has 1 rings (SSSR count). The fourth-order valence-electron chi connectivity index (χ4n) is 2.07. The van der Waals surface area contributed by atoms with Gasteiger partial charge in [0, 0.05) is 12.6 Å². The van der Waals surface area contributed by atoms with Crippen molar-refractivity contribution in [1.82, 2.24) is 4.90 Å². The largest absolute Gasteiger partial charge is 0.478 e. The van der Waals surface area contributed by atoms with Gasteiger partial charge in [0.2, 0.25) is 0 Å². The van der Waals surface area contributed by atoms with Crippen LogP contribution in [0.1, 0.15) is 48.2 Å². The summed E-state index contributed by atoms with van der Waals surface area (Å²) in [6.45, 7) is 7.26. The first kappa shape index (κ1) is 14.7. The Balaban J connectivity index is 2.76. The molecule has 0 aliphatic heterocycles. The molecule has 1 atom stereocenters. The summed E-state index contributed by atoms with van der Waals surface area (Å²) in [5, 5.41) is 8.93. The van der Waals surface area contributed by atoms with E-state index in [1.54, 1.807) is 12.1 Å². The van der Waals surface area contributed by atoms with Crippen molar-refractivity contribution in [2.75, 3.05) is 7.05 Å². The molecule has 1 N–H and O–H groups in total. The van der Waals surface area contributed by atoms with Crippen molar-refractivity contribution in [3.05, 3.63) is 34.9 Å². The second-order valence-electron chi connectivity index (χ2n) is 5.00. The van der Waals surface area contributed by atoms with Crippen LogP contribution in [0.3, 0.4) is 0 Å². The molecule has 0 saturated heterocycles. The minimum absolute atomic E-state index is 0.362. The van der Waals surface area contributed by atoms with E-state index in [-0.39, 0.29) is 0 Å². The highest BCUT2D eigenvalue weighted by molar-refractivity contribution is 5.87. The molecule has 0 radical (unpaired) electrons. The third kappa shape index (κ3) is 3.84. The molecule has 0 spiro atoms. The Labute approximate surface area is 109 Å². The lowest BCUT2D eigenvalue weighted by atomic mass is 10.0. The van der Waals surface area contributed by atoms with Gasteiger partial charge < -0.3 is 5.11 Å². The van der Waals surface area contributed by atoms with Gasteiger partial charge in [-0.05, 0) is 50.6 Å². The first-order valence-electron chi connectivity index (χ1n) is 6.48. The van der Waals surface area contributed by atoms with Gasteiger partial charge in [-0.3, -0.25) is 4.90 Å². The number of carbonyl (C=O) groups is 1. The number of aromatic carboxylic acids is 1. The smallest absolute Gasteiger partial charge is 0.335 e. The first-order chi connectivity index (χ1) is 8.45. The third-order valence-corrected chi connectivity index (χ3v) is 3.47. The lowest BCUT2D eigenvalue weighted by molar-refractivity contribution is 0.0696. The van der Waals surface area contributed by atoms with Gasteiger partial charge >= 0.3 is 5.97 Å². The number of nitrogens with zero attached hydrogens (tertiary/aromatic N) is 1. The lowest BCUT2D eigenvalue weighted by Gasteiger charge is -2.25. The van der Waals surface area contributed by atoms with Crippen LogP contribution >= 0.6 is 0 Å². The molecule has 1 aromatic rings. The van der Waals surface area contributed by atoms with Gasteiger partial charge in [0.25, 0.3) is 0 Å². The number of benzene rings is 1. The SMILES string of the molecule is CCCC(C)N(C)Cc1ccc(C(=O)O)cc1C. The summed E-state index contributed by atoms with van der Waals surface area (Å²) < 4.78 is 0. The summed E-state index contributed by atoms with van der Waals surface area (Å²) in [4.78, 5) is 13.2. The Morgan fingerprint density at radius 1 is 1.44 bits per heavy atom. The summed E-state index contributed by atoms with van der Waals surface area (Å²) in [5.41, 5.74) is 2.61. The Morgan fingerprint density at radius 3 is 2.61 bits per heavy atom. The van der Waals surface area contributed by atoms with Crippen molar-refractivity contribution in [3.63, 3.8) is 0 Å². The molecule has 0 aliphatic rings. The summed E-state index contributed by atoms with van der Waals surface area (Å²) in [6.07, 6.45) is 2.37. The van der Waals surface area contributed by atoms with Crippen LogP contribution in [0.15, 0.2) is 18.2 Å². The topological polar surface area (TPSA) is 40.5 Å².